The fourth-order valence-corrected chi connectivity index (χ4v) is 1.74. The molecule has 3 aromatic rings. The Hall–Kier alpha value is -1.97. The van der Waals surface area contributed by atoms with Crippen LogP contribution in [0.2, 0.25) is 0 Å². The van der Waals surface area contributed by atoms with Crippen molar-refractivity contribution in [3.63, 3.8) is 0 Å². The molecule has 0 atom stereocenters. The molecule has 2 aromatic heterocycles. The highest BCUT2D eigenvalue weighted by molar-refractivity contribution is 14.1. The van der Waals surface area contributed by atoms with Crippen molar-refractivity contribution in [1.29, 1.82) is 0 Å². The van der Waals surface area contributed by atoms with E-state index in [0.717, 1.165) is 3.57 Å². The molecule has 90 valence electrons. The number of benzene rings is 1. The summed E-state index contributed by atoms with van der Waals surface area (Å²) in [5, 5.41) is 23.4. The molecule has 1 aromatic carbocycles. The first-order chi connectivity index (χ1) is 8.74. The van der Waals surface area contributed by atoms with Gasteiger partial charge in [-0.3, -0.25) is 0 Å². The summed E-state index contributed by atoms with van der Waals surface area (Å²) in [6.07, 6.45) is 1.50. The maximum Gasteiger partial charge on any atom is 0.258 e. The van der Waals surface area contributed by atoms with Crippen LogP contribution in [0, 0.1) is 3.57 Å². The van der Waals surface area contributed by atoms with Crippen LogP contribution in [-0.2, 0) is 0 Å². The molecular formula is C10H6IN5O2. The van der Waals surface area contributed by atoms with Gasteiger partial charge >= 0.3 is 0 Å². The van der Waals surface area contributed by atoms with Crippen LogP contribution in [0.15, 0.2) is 28.9 Å². The lowest BCUT2D eigenvalue weighted by molar-refractivity contribution is 0.431. The van der Waals surface area contributed by atoms with E-state index >= 15 is 0 Å². The highest BCUT2D eigenvalue weighted by Crippen LogP contribution is 2.27. The van der Waals surface area contributed by atoms with Gasteiger partial charge in [-0.05, 0) is 40.8 Å². The number of hydrogen-bond acceptors (Lipinski definition) is 6. The number of halogens is 1. The number of aromatic hydroxyl groups is 1. The van der Waals surface area contributed by atoms with Gasteiger partial charge in [0.05, 0.1) is 9.77 Å². The summed E-state index contributed by atoms with van der Waals surface area (Å²) in [5.74, 6) is 0.839. The second kappa shape index (κ2) is 4.37. The first kappa shape index (κ1) is 11.1. The van der Waals surface area contributed by atoms with Crippen LogP contribution in [0.4, 0.5) is 0 Å². The number of phenolic OH excluding ortho intramolecular Hbond substituents is 1. The lowest BCUT2D eigenvalue weighted by Crippen LogP contribution is -1.82. The molecule has 0 spiro atoms. The Morgan fingerprint density at radius 2 is 2.22 bits per heavy atom. The fraction of sp³-hybridized carbons (Fsp3) is 0. The van der Waals surface area contributed by atoms with E-state index < -0.39 is 0 Å². The van der Waals surface area contributed by atoms with Gasteiger partial charge in [0.1, 0.15) is 5.75 Å². The van der Waals surface area contributed by atoms with Crippen molar-refractivity contribution in [3.05, 3.63) is 28.0 Å². The molecule has 3 rings (SSSR count). The zero-order valence-electron chi connectivity index (χ0n) is 8.83. The lowest BCUT2D eigenvalue weighted by atomic mass is 10.2. The number of nitrogens with zero attached hydrogens (tertiary/aromatic N) is 4. The Balaban J connectivity index is 2.00. The molecule has 7 nitrogen and oxygen atoms in total. The van der Waals surface area contributed by atoms with Gasteiger partial charge in [0.25, 0.3) is 5.89 Å². The third-order valence-electron chi connectivity index (χ3n) is 2.26. The number of aromatic amines is 1. The minimum absolute atomic E-state index is 0.175. The number of H-pyrrole nitrogens is 1. The van der Waals surface area contributed by atoms with E-state index in [-0.39, 0.29) is 5.75 Å². The van der Waals surface area contributed by atoms with Gasteiger partial charge in [0.15, 0.2) is 5.69 Å². The van der Waals surface area contributed by atoms with Crippen molar-refractivity contribution in [2.24, 2.45) is 0 Å². The quantitative estimate of drug-likeness (QED) is 0.681. The highest BCUT2D eigenvalue weighted by atomic mass is 127. The van der Waals surface area contributed by atoms with Crippen molar-refractivity contribution in [2.75, 3.05) is 0 Å². The molecule has 0 aliphatic rings. The van der Waals surface area contributed by atoms with Crippen LogP contribution >= 0.6 is 22.6 Å². The summed E-state index contributed by atoms with van der Waals surface area (Å²) >= 11 is 2.04. The molecule has 0 aliphatic carbocycles. The molecule has 0 saturated heterocycles. The van der Waals surface area contributed by atoms with Crippen molar-refractivity contribution < 1.29 is 9.63 Å². The molecule has 0 radical (unpaired) electrons. The van der Waals surface area contributed by atoms with Gasteiger partial charge in [-0.2, -0.15) is 20.4 Å². The molecule has 0 amide bonds. The van der Waals surface area contributed by atoms with E-state index in [9.17, 15) is 5.11 Å². The predicted octanol–water partition coefficient (Wildman–Crippen LogP) is 1.83. The van der Waals surface area contributed by atoms with Crippen LogP contribution in [0.25, 0.3) is 23.0 Å². The summed E-state index contributed by atoms with van der Waals surface area (Å²) in [4.78, 5) is 4.18. The van der Waals surface area contributed by atoms with Gasteiger partial charge in [0, 0.05) is 5.56 Å². The second-order valence-electron chi connectivity index (χ2n) is 3.44. The molecule has 2 heterocycles. The van der Waals surface area contributed by atoms with Crippen LogP contribution in [0.5, 0.6) is 5.75 Å². The minimum atomic E-state index is 0.175. The van der Waals surface area contributed by atoms with E-state index in [4.69, 9.17) is 4.52 Å². The van der Waals surface area contributed by atoms with E-state index in [0.29, 0.717) is 23.0 Å². The third-order valence-corrected chi connectivity index (χ3v) is 3.18. The Labute approximate surface area is 114 Å². The van der Waals surface area contributed by atoms with E-state index in [2.05, 4.69) is 25.6 Å². The smallest absolute Gasteiger partial charge is 0.258 e. The maximum absolute atomic E-state index is 9.63. The van der Waals surface area contributed by atoms with Crippen LogP contribution in [0.1, 0.15) is 0 Å². The highest BCUT2D eigenvalue weighted by Gasteiger charge is 2.13. The molecule has 0 bridgehead atoms. The zero-order chi connectivity index (χ0) is 12.5. The molecular weight excluding hydrogens is 349 g/mol. The van der Waals surface area contributed by atoms with E-state index in [1.165, 1.54) is 6.20 Å². The van der Waals surface area contributed by atoms with Crippen LogP contribution < -0.4 is 0 Å². The second-order valence-corrected chi connectivity index (χ2v) is 4.61. The average molecular weight is 355 g/mol. The van der Waals surface area contributed by atoms with Gasteiger partial charge in [-0.15, -0.1) is 0 Å². The number of hydrogen-bond donors (Lipinski definition) is 2. The summed E-state index contributed by atoms with van der Waals surface area (Å²) in [7, 11) is 0. The topological polar surface area (TPSA) is 101 Å². The van der Waals surface area contributed by atoms with Crippen molar-refractivity contribution in [1.82, 2.24) is 25.6 Å². The maximum atomic E-state index is 9.63. The van der Waals surface area contributed by atoms with Gasteiger partial charge in [-0.1, -0.05) is 5.16 Å². The Morgan fingerprint density at radius 1 is 1.33 bits per heavy atom. The summed E-state index contributed by atoms with van der Waals surface area (Å²) in [6.45, 7) is 0. The average Bonchev–Trinajstić information content (AvgIpc) is 3.01. The molecule has 8 heteroatoms. The van der Waals surface area contributed by atoms with Gasteiger partial charge in [-0.25, -0.2) is 0 Å². The lowest BCUT2D eigenvalue weighted by Gasteiger charge is -1.97. The number of aromatic nitrogens is 5. The predicted molar refractivity (Wildman–Crippen MR) is 69.5 cm³/mol. The van der Waals surface area contributed by atoms with Gasteiger partial charge < -0.3 is 9.63 Å². The molecule has 0 fully saturated rings. The largest absolute Gasteiger partial charge is 0.507 e. The van der Waals surface area contributed by atoms with Gasteiger partial charge in [0.2, 0.25) is 5.82 Å². The SMILES string of the molecule is Oc1cc(-c2nc(-c3cn[nH]n3)no2)ccc1I. The molecule has 2 N–H and O–H groups in total. The molecule has 0 unspecified atom stereocenters. The summed E-state index contributed by atoms with van der Waals surface area (Å²) in [5.41, 5.74) is 1.15. The van der Waals surface area contributed by atoms with Crippen LogP contribution in [0.3, 0.4) is 0 Å². The number of rotatable bonds is 2. The zero-order valence-corrected chi connectivity index (χ0v) is 11.0. The van der Waals surface area contributed by atoms with E-state index in [1.54, 1.807) is 18.2 Å². The standard InChI is InChI=1S/C10H6IN5O2/c11-6-2-1-5(3-8(6)17)10-13-9(15-18-10)7-4-12-16-14-7/h1-4,17H,(H,12,14,16). The van der Waals surface area contributed by atoms with E-state index in [1.807, 2.05) is 22.6 Å². The summed E-state index contributed by atoms with van der Waals surface area (Å²) in [6, 6.07) is 5.13. The Kier molecular flexibility index (Phi) is 2.70. The van der Waals surface area contributed by atoms with Crippen molar-refractivity contribution in [2.45, 2.75) is 0 Å². The monoisotopic (exact) mass is 355 g/mol. The Morgan fingerprint density at radius 3 is 2.94 bits per heavy atom. The number of phenols is 1. The number of nitrogens with one attached hydrogen (secondary N) is 1. The normalized spacial score (nSPS) is 10.7. The molecule has 18 heavy (non-hydrogen) atoms. The first-order valence-corrected chi connectivity index (χ1v) is 6.00. The molecule has 0 aliphatic heterocycles. The minimum Gasteiger partial charge on any atom is -0.507 e. The van der Waals surface area contributed by atoms with Crippen molar-refractivity contribution in [3.8, 4) is 28.7 Å². The third kappa shape index (κ3) is 1.94. The van der Waals surface area contributed by atoms with Crippen molar-refractivity contribution >= 4 is 22.6 Å². The molecule has 0 saturated carbocycles. The summed E-state index contributed by atoms with van der Waals surface area (Å²) < 4.78 is 5.87. The Bertz CT molecular complexity index is 679. The first-order valence-electron chi connectivity index (χ1n) is 4.93. The fourth-order valence-electron chi connectivity index (χ4n) is 1.40. The van der Waals surface area contributed by atoms with Crippen LogP contribution in [-0.4, -0.2) is 30.7 Å².